The Labute approximate surface area is 129 Å². The lowest BCUT2D eigenvalue weighted by Gasteiger charge is -2.10. The number of benzene rings is 2. The Hall–Kier alpha value is -2.81. The number of amides is 1. The number of hydrogen-bond donors (Lipinski definition) is 1. The van der Waals surface area contributed by atoms with E-state index >= 15 is 0 Å². The van der Waals surface area contributed by atoms with Gasteiger partial charge in [-0.1, -0.05) is 48.5 Å². The van der Waals surface area contributed by atoms with Crippen molar-refractivity contribution in [1.29, 1.82) is 0 Å². The van der Waals surface area contributed by atoms with Gasteiger partial charge in [0.25, 0.3) is 5.91 Å². The maximum Gasteiger partial charge on any atom is 0.251 e. The molecule has 0 saturated heterocycles. The van der Waals surface area contributed by atoms with Gasteiger partial charge < -0.3 is 9.73 Å². The van der Waals surface area contributed by atoms with Gasteiger partial charge in [0.15, 0.2) is 0 Å². The standard InChI is InChI=1S/C19H17NO2/c21-19(20-13-12-16-9-6-14-22-16)18-11-5-4-10-17(18)15-7-2-1-3-8-15/h1-11,14H,12-13H2,(H,20,21). The summed E-state index contributed by atoms with van der Waals surface area (Å²) in [6.07, 6.45) is 2.33. The summed E-state index contributed by atoms with van der Waals surface area (Å²) in [5, 5.41) is 2.95. The van der Waals surface area contributed by atoms with E-state index in [1.54, 1.807) is 6.26 Å². The Balaban J connectivity index is 1.72. The Morgan fingerprint density at radius 1 is 0.909 bits per heavy atom. The molecule has 0 fully saturated rings. The van der Waals surface area contributed by atoms with E-state index < -0.39 is 0 Å². The largest absolute Gasteiger partial charge is 0.469 e. The number of carbonyl (C=O) groups is 1. The van der Waals surface area contributed by atoms with Gasteiger partial charge >= 0.3 is 0 Å². The van der Waals surface area contributed by atoms with Crippen molar-refractivity contribution in [2.24, 2.45) is 0 Å². The van der Waals surface area contributed by atoms with E-state index in [4.69, 9.17) is 4.42 Å². The maximum absolute atomic E-state index is 12.4. The Bertz CT molecular complexity index is 733. The predicted molar refractivity (Wildman–Crippen MR) is 86.6 cm³/mol. The molecule has 0 atom stereocenters. The second-order valence-corrected chi connectivity index (χ2v) is 5.00. The van der Waals surface area contributed by atoms with E-state index in [1.807, 2.05) is 66.7 Å². The van der Waals surface area contributed by atoms with E-state index in [1.165, 1.54) is 0 Å². The van der Waals surface area contributed by atoms with E-state index in [0.29, 0.717) is 18.5 Å². The minimum absolute atomic E-state index is 0.0639. The Morgan fingerprint density at radius 3 is 2.45 bits per heavy atom. The third kappa shape index (κ3) is 3.26. The summed E-state index contributed by atoms with van der Waals surface area (Å²) in [5.41, 5.74) is 2.67. The zero-order chi connectivity index (χ0) is 15.2. The molecular weight excluding hydrogens is 274 g/mol. The highest BCUT2D eigenvalue weighted by molar-refractivity contribution is 6.00. The van der Waals surface area contributed by atoms with Gasteiger partial charge in [-0.2, -0.15) is 0 Å². The quantitative estimate of drug-likeness (QED) is 0.774. The molecule has 0 radical (unpaired) electrons. The number of rotatable bonds is 5. The van der Waals surface area contributed by atoms with Crippen LogP contribution in [0, 0.1) is 0 Å². The van der Waals surface area contributed by atoms with Gasteiger partial charge in [-0.25, -0.2) is 0 Å². The topological polar surface area (TPSA) is 42.2 Å². The fraction of sp³-hybridized carbons (Fsp3) is 0.105. The van der Waals surface area contributed by atoms with Crippen LogP contribution in [0.2, 0.25) is 0 Å². The number of nitrogens with one attached hydrogen (secondary N) is 1. The van der Waals surface area contributed by atoms with E-state index in [9.17, 15) is 4.79 Å². The van der Waals surface area contributed by atoms with Crippen LogP contribution in [0.4, 0.5) is 0 Å². The molecule has 3 heteroatoms. The van der Waals surface area contributed by atoms with Crippen molar-refractivity contribution in [1.82, 2.24) is 5.32 Å². The van der Waals surface area contributed by atoms with Crippen molar-refractivity contribution in [3.8, 4) is 11.1 Å². The first-order valence-corrected chi connectivity index (χ1v) is 7.29. The molecule has 2 aromatic carbocycles. The number of carbonyl (C=O) groups excluding carboxylic acids is 1. The van der Waals surface area contributed by atoms with Crippen molar-refractivity contribution in [2.45, 2.75) is 6.42 Å². The second-order valence-electron chi connectivity index (χ2n) is 5.00. The Kier molecular flexibility index (Phi) is 4.35. The molecule has 3 aromatic rings. The summed E-state index contributed by atoms with van der Waals surface area (Å²) >= 11 is 0. The molecule has 1 heterocycles. The molecule has 1 N–H and O–H groups in total. The molecule has 0 spiro atoms. The molecule has 1 amide bonds. The lowest BCUT2D eigenvalue weighted by atomic mass is 9.99. The molecule has 3 rings (SSSR count). The van der Waals surface area contributed by atoms with Crippen molar-refractivity contribution < 1.29 is 9.21 Å². The fourth-order valence-corrected chi connectivity index (χ4v) is 2.40. The van der Waals surface area contributed by atoms with E-state index in [0.717, 1.165) is 16.9 Å². The zero-order valence-electron chi connectivity index (χ0n) is 12.2. The Morgan fingerprint density at radius 2 is 1.68 bits per heavy atom. The molecule has 1 aromatic heterocycles. The minimum Gasteiger partial charge on any atom is -0.469 e. The van der Waals surface area contributed by atoms with Crippen LogP contribution in [0.15, 0.2) is 77.4 Å². The van der Waals surface area contributed by atoms with Gasteiger partial charge in [0, 0.05) is 18.5 Å². The first-order chi connectivity index (χ1) is 10.8. The average Bonchev–Trinajstić information content (AvgIpc) is 3.09. The van der Waals surface area contributed by atoms with Crippen LogP contribution in [0.3, 0.4) is 0 Å². The van der Waals surface area contributed by atoms with Crippen LogP contribution in [-0.4, -0.2) is 12.5 Å². The minimum atomic E-state index is -0.0639. The van der Waals surface area contributed by atoms with Crippen LogP contribution in [0.1, 0.15) is 16.1 Å². The van der Waals surface area contributed by atoms with Crippen molar-refractivity contribution in [3.63, 3.8) is 0 Å². The van der Waals surface area contributed by atoms with E-state index in [2.05, 4.69) is 5.32 Å². The predicted octanol–water partition coefficient (Wildman–Crippen LogP) is 3.92. The molecule has 110 valence electrons. The summed E-state index contributed by atoms with van der Waals surface area (Å²) in [5.74, 6) is 0.808. The summed E-state index contributed by atoms with van der Waals surface area (Å²) in [6, 6.07) is 21.3. The fourth-order valence-electron chi connectivity index (χ4n) is 2.40. The molecule has 0 unspecified atom stereocenters. The second kappa shape index (κ2) is 6.76. The number of furan rings is 1. The van der Waals surface area contributed by atoms with Gasteiger partial charge in [-0.3, -0.25) is 4.79 Å². The lowest BCUT2D eigenvalue weighted by molar-refractivity contribution is 0.0954. The summed E-state index contributed by atoms with van der Waals surface area (Å²) < 4.78 is 5.26. The molecule has 0 aliphatic heterocycles. The molecular formula is C19H17NO2. The highest BCUT2D eigenvalue weighted by atomic mass is 16.3. The molecule has 0 aliphatic rings. The van der Waals surface area contributed by atoms with Gasteiger partial charge in [-0.15, -0.1) is 0 Å². The first kappa shape index (κ1) is 14.1. The number of hydrogen-bond acceptors (Lipinski definition) is 2. The van der Waals surface area contributed by atoms with Gasteiger partial charge in [0.05, 0.1) is 6.26 Å². The van der Waals surface area contributed by atoms with Crippen LogP contribution in [0.25, 0.3) is 11.1 Å². The van der Waals surface area contributed by atoms with Crippen LogP contribution >= 0.6 is 0 Å². The monoisotopic (exact) mass is 291 g/mol. The summed E-state index contributed by atoms with van der Waals surface area (Å²) in [4.78, 5) is 12.4. The van der Waals surface area contributed by atoms with Crippen molar-refractivity contribution in [2.75, 3.05) is 6.54 Å². The smallest absolute Gasteiger partial charge is 0.251 e. The summed E-state index contributed by atoms with van der Waals surface area (Å²) in [7, 11) is 0. The van der Waals surface area contributed by atoms with Crippen LogP contribution in [0.5, 0.6) is 0 Å². The summed E-state index contributed by atoms with van der Waals surface area (Å²) in [6.45, 7) is 0.551. The van der Waals surface area contributed by atoms with Gasteiger partial charge in [0.2, 0.25) is 0 Å². The zero-order valence-corrected chi connectivity index (χ0v) is 12.2. The first-order valence-electron chi connectivity index (χ1n) is 7.29. The highest BCUT2D eigenvalue weighted by Gasteiger charge is 2.11. The molecule has 0 saturated carbocycles. The maximum atomic E-state index is 12.4. The average molecular weight is 291 g/mol. The molecule has 0 aliphatic carbocycles. The van der Waals surface area contributed by atoms with Crippen molar-refractivity contribution >= 4 is 5.91 Å². The molecule has 3 nitrogen and oxygen atoms in total. The normalized spacial score (nSPS) is 10.4. The van der Waals surface area contributed by atoms with Crippen LogP contribution < -0.4 is 5.32 Å². The molecule has 0 bridgehead atoms. The van der Waals surface area contributed by atoms with Crippen LogP contribution in [-0.2, 0) is 6.42 Å². The SMILES string of the molecule is O=C(NCCc1ccco1)c1ccccc1-c1ccccc1. The van der Waals surface area contributed by atoms with Crippen molar-refractivity contribution in [3.05, 3.63) is 84.3 Å². The third-order valence-corrected chi connectivity index (χ3v) is 3.49. The lowest BCUT2D eigenvalue weighted by Crippen LogP contribution is -2.26. The highest BCUT2D eigenvalue weighted by Crippen LogP contribution is 2.23. The molecule has 22 heavy (non-hydrogen) atoms. The van der Waals surface area contributed by atoms with Gasteiger partial charge in [-0.05, 0) is 29.3 Å². The van der Waals surface area contributed by atoms with Gasteiger partial charge in [0.1, 0.15) is 5.76 Å². The van der Waals surface area contributed by atoms with E-state index in [-0.39, 0.29) is 5.91 Å². The third-order valence-electron chi connectivity index (χ3n) is 3.49.